The van der Waals surface area contributed by atoms with E-state index in [4.69, 9.17) is 4.74 Å². The molecule has 2 aromatic carbocycles. The number of nitrogens with one attached hydrogen (secondary N) is 2. The van der Waals surface area contributed by atoms with Crippen LogP contribution in [0, 0.1) is 5.82 Å². The summed E-state index contributed by atoms with van der Waals surface area (Å²) in [6.07, 6.45) is -0.855. The third-order valence-electron chi connectivity index (χ3n) is 3.81. The Morgan fingerprint density at radius 2 is 1.71 bits per heavy atom. The number of alkyl carbamates (subject to hydrolysis) is 1. The molecule has 1 atom stereocenters. The summed E-state index contributed by atoms with van der Waals surface area (Å²) in [6.45, 7) is -0.343. The summed E-state index contributed by atoms with van der Waals surface area (Å²) in [5, 5.41) is 4.71. The fourth-order valence-corrected chi connectivity index (χ4v) is 2.39. The van der Waals surface area contributed by atoms with E-state index in [1.165, 1.54) is 25.3 Å². The number of hydrogen-bond donors (Lipinski definition) is 2. The van der Waals surface area contributed by atoms with Crippen molar-refractivity contribution < 1.29 is 28.2 Å². The molecule has 0 spiro atoms. The van der Waals surface area contributed by atoms with Crippen molar-refractivity contribution in [2.45, 2.75) is 19.1 Å². The smallest absolute Gasteiger partial charge is 0.407 e. The van der Waals surface area contributed by atoms with Gasteiger partial charge in [-0.3, -0.25) is 4.79 Å². The Morgan fingerprint density at radius 3 is 2.39 bits per heavy atom. The van der Waals surface area contributed by atoms with Gasteiger partial charge in [0.25, 0.3) is 0 Å². The van der Waals surface area contributed by atoms with Crippen LogP contribution >= 0.6 is 0 Å². The molecule has 0 saturated heterocycles. The topological polar surface area (TPSA) is 93.7 Å². The average Bonchev–Trinajstić information content (AvgIpc) is 2.72. The monoisotopic (exact) mass is 388 g/mol. The second kappa shape index (κ2) is 10.7. The van der Waals surface area contributed by atoms with Gasteiger partial charge >= 0.3 is 12.1 Å². The minimum absolute atomic E-state index is 0.0619. The molecule has 2 N–H and O–H groups in total. The molecule has 28 heavy (non-hydrogen) atoms. The fraction of sp³-hybridized carbons (Fsp3) is 0.250. The highest BCUT2D eigenvalue weighted by Gasteiger charge is 2.23. The largest absolute Gasteiger partial charge is 0.467 e. The van der Waals surface area contributed by atoms with Crippen LogP contribution in [0.5, 0.6) is 0 Å². The van der Waals surface area contributed by atoms with Gasteiger partial charge in [-0.15, -0.1) is 0 Å². The molecule has 0 bridgehead atoms. The first-order valence-corrected chi connectivity index (χ1v) is 8.54. The lowest BCUT2D eigenvalue weighted by Gasteiger charge is -2.17. The van der Waals surface area contributed by atoms with Crippen molar-refractivity contribution in [3.8, 4) is 0 Å². The minimum Gasteiger partial charge on any atom is -0.467 e. The SMILES string of the molecule is COC(=O)[C@H](Cc1ccccc1F)NC(=O)CNC(=O)OCc1ccccc1. The summed E-state index contributed by atoms with van der Waals surface area (Å²) in [6, 6.07) is 13.9. The Morgan fingerprint density at radius 1 is 1.04 bits per heavy atom. The summed E-state index contributed by atoms with van der Waals surface area (Å²) >= 11 is 0. The highest BCUT2D eigenvalue weighted by molar-refractivity contribution is 5.87. The molecule has 0 aliphatic heterocycles. The summed E-state index contributed by atoms with van der Waals surface area (Å²) in [5.41, 5.74) is 1.06. The second-order valence-corrected chi connectivity index (χ2v) is 5.85. The maximum Gasteiger partial charge on any atom is 0.407 e. The number of amides is 2. The van der Waals surface area contributed by atoms with Crippen LogP contribution in [0.4, 0.5) is 9.18 Å². The minimum atomic E-state index is -1.09. The van der Waals surface area contributed by atoms with Crippen molar-refractivity contribution in [3.05, 3.63) is 71.5 Å². The van der Waals surface area contributed by atoms with Crippen molar-refractivity contribution in [2.75, 3.05) is 13.7 Å². The highest BCUT2D eigenvalue weighted by atomic mass is 19.1. The average molecular weight is 388 g/mol. The van der Waals surface area contributed by atoms with Gasteiger partial charge in [0, 0.05) is 6.42 Å². The summed E-state index contributed by atoms with van der Waals surface area (Å²) < 4.78 is 23.4. The van der Waals surface area contributed by atoms with Gasteiger partial charge in [-0.25, -0.2) is 14.0 Å². The Labute approximate surface area is 161 Å². The summed E-state index contributed by atoms with van der Waals surface area (Å²) in [5.74, 6) is -1.85. The summed E-state index contributed by atoms with van der Waals surface area (Å²) in [7, 11) is 1.17. The number of hydrogen-bond acceptors (Lipinski definition) is 5. The normalized spacial score (nSPS) is 11.2. The van der Waals surface area contributed by atoms with Crippen LogP contribution < -0.4 is 10.6 Å². The van der Waals surface area contributed by atoms with Crippen LogP contribution in [0.15, 0.2) is 54.6 Å². The maximum atomic E-state index is 13.8. The van der Waals surface area contributed by atoms with E-state index in [1.54, 1.807) is 18.2 Å². The molecule has 0 aliphatic rings. The molecule has 7 nitrogen and oxygen atoms in total. The first-order chi connectivity index (χ1) is 13.5. The number of carbonyl (C=O) groups excluding carboxylic acids is 3. The van der Waals surface area contributed by atoms with Crippen LogP contribution in [0.3, 0.4) is 0 Å². The molecule has 2 rings (SSSR count). The van der Waals surface area contributed by atoms with Gasteiger partial charge in [-0.2, -0.15) is 0 Å². The van der Waals surface area contributed by atoms with Gasteiger partial charge in [-0.1, -0.05) is 48.5 Å². The van der Waals surface area contributed by atoms with Crippen molar-refractivity contribution in [2.24, 2.45) is 0 Å². The van der Waals surface area contributed by atoms with E-state index in [-0.39, 0.29) is 18.6 Å². The molecule has 0 saturated carbocycles. The van der Waals surface area contributed by atoms with E-state index in [0.717, 1.165) is 5.56 Å². The fourth-order valence-electron chi connectivity index (χ4n) is 2.39. The molecule has 8 heteroatoms. The van der Waals surface area contributed by atoms with Gasteiger partial charge in [0.2, 0.25) is 5.91 Å². The van der Waals surface area contributed by atoms with Crippen LogP contribution in [0.25, 0.3) is 0 Å². The Balaban J connectivity index is 1.83. The molecular weight excluding hydrogens is 367 g/mol. The lowest BCUT2D eigenvalue weighted by molar-refractivity contribution is -0.144. The van der Waals surface area contributed by atoms with Crippen molar-refractivity contribution in [1.82, 2.24) is 10.6 Å². The summed E-state index contributed by atoms with van der Waals surface area (Å²) in [4.78, 5) is 35.6. The molecule has 0 radical (unpaired) electrons. The first kappa shape index (κ1) is 20.9. The van der Waals surface area contributed by atoms with Gasteiger partial charge in [0.1, 0.15) is 25.0 Å². The highest BCUT2D eigenvalue weighted by Crippen LogP contribution is 2.10. The number of methoxy groups -OCH3 is 1. The predicted octanol–water partition coefficient (Wildman–Crippen LogP) is 1.95. The molecule has 0 unspecified atom stereocenters. The third-order valence-corrected chi connectivity index (χ3v) is 3.81. The van der Waals surface area contributed by atoms with Crippen LogP contribution in [-0.2, 0) is 32.1 Å². The van der Waals surface area contributed by atoms with Gasteiger partial charge < -0.3 is 20.1 Å². The lowest BCUT2D eigenvalue weighted by atomic mass is 10.1. The molecule has 2 amide bonds. The molecule has 0 aliphatic carbocycles. The number of esters is 1. The zero-order chi connectivity index (χ0) is 20.4. The Bertz CT molecular complexity index is 813. The number of carbonyl (C=O) groups is 3. The Kier molecular flexibility index (Phi) is 7.95. The molecule has 2 aromatic rings. The lowest BCUT2D eigenvalue weighted by Crippen LogP contribution is -2.47. The van der Waals surface area contributed by atoms with Crippen molar-refractivity contribution in [1.29, 1.82) is 0 Å². The second-order valence-electron chi connectivity index (χ2n) is 5.85. The Hall–Kier alpha value is -3.42. The quantitative estimate of drug-likeness (QED) is 0.675. The van der Waals surface area contributed by atoms with Crippen LogP contribution in [0.1, 0.15) is 11.1 Å². The molecule has 148 valence electrons. The van der Waals surface area contributed by atoms with Gasteiger partial charge in [0.05, 0.1) is 7.11 Å². The van der Waals surface area contributed by atoms with E-state index < -0.39 is 36.4 Å². The molecule has 0 aromatic heterocycles. The standard InChI is InChI=1S/C20H21FN2O5/c1-27-19(25)17(11-15-9-5-6-10-16(15)21)23-18(24)12-22-20(26)28-13-14-7-3-2-4-8-14/h2-10,17H,11-13H2,1H3,(H,22,26)(H,23,24)/t17-/m0/s1. The molecule has 0 heterocycles. The van der Waals surface area contributed by atoms with Crippen LogP contribution in [-0.4, -0.2) is 37.7 Å². The molecular formula is C20H21FN2O5. The van der Waals surface area contributed by atoms with Crippen LogP contribution in [0.2, 0.25) is 0 Å². The number of halogens is 1. The van der Waals surface area contributed by atoms with E-state index >= 15 is 0 Å². The van der Waals surface area contributed by atoms with E-state index in [0.29, 0.717) is 0 Å². The van der Waals surface area contributed by atoms with E-state index in [2.05, 4.69) is 15.4 Å². The van der Waals surface area contributed by atoms with Crippen molar-refractivity contribution in [3.63, 3.8) is 0 Å². The van der Waals surface area contributed by atoms with Gasteiger partial charge in [0.15, 0.2) is 0 Å². The van der Waals surface area contributed by atoms with Crippen molar-refractivity contribution >= 4 is 18.0 Å². The van der Waals surface area contributed by atoms with E-state index in [9.17, 15) is 18.8 Å². The predicted molar refractivity (Wildman–Crippen MR) is 98.7 cm³/mol. The van der Waals surface area contributed by atoms with E-state index in [1.807, 2.05) is 18.2 Å². The molecule has 0 fully saturated rings. The zero-order valence-corrected chi connectivity index (χ0v) is 15.3. The first-order valence-electron chi connectivity index (χ1n) is 8.54. The number of ether oxygens (including phenoxy) is 2. The number of rotatable bonds is 8. The number of benzene rings is 2. The zero-order valence-electron chi connectivity index (χ0n) is 15.3. The maximum absolute atomic E-state index is 13.8. The third kappa shape index (κ3) is 6.71. The van der Waals surface area contributed by atoms with Gasteiger partial charge in [-0.05, 0) is 17.2 Å².